The molecule has 28 heavy (non-hydrogen) atoms. The van der Waals surface area contributed by atoms with Crippen LogP contribution in [0.4, 0.5) is 13.2 Å². The van der Waals surface area contributed by atoms with E-state index in [4.69, 9.17) is 4.74 Å². The lowest BCUT2D eigenvalue weighted by Crippen LogP contribution is -2.12. The molecule has 0 radical (unpaired) electrons. The lowest BCUT2D eigenvalue weighted by atomic mass is 10.0. The maximum absolute atomic E-state index is 14.8. The van der Waals surface area contributed by atoms with E-state index in [1.54, 1.807) is 6.07 Å². The first-order chi connectivity index (χ1) is 13.1. The van der Waals surface area contributed by atoms with Crippen molar-refractivity contribution in [3.63, 3.8) is 0 Å². The topological polar surface area (TPSA) is 26.3 Å². The number of esters is 1. The Morgan fingerprint density at radius 3 is 2.39 bits per heavy atom. The molecule has 0 spiro atoms. The summed E-state index contributed by atoms with van der Waals surface area (Å²) in [7, 11) is 0. The Morgan fingerprint density at radius 2 is 1.75 bits per heavy atom. The second kappa shape index (κ2) is 8.03. The standard InChI is InChI=1S/C21H17Br2F3O2/c1-21(2)14(9-17(22)23)18(21)20(27)28-10-13-16(25)8-7-12(19(13)26)11-5-3-4-6-15(11)24/h3-9,14,18H,10H2,1-2H3/t14-,18-/m0/s1. The van der Waals surface area contributed by atoms with Gasteiger partial charge in [-0.15, -0.1) is 0 Å². The highest BCUT2D eigenvalue weighted by atomic mass is 79.9. The van der Waals surface area contributed by atoms with E-state index >= 15 is 0 Å². The van der Waals surface area contributed by atoms with Crippen molar-refractivity contribution in [1.29, 1.82) is 0 Å². The van der Waals surface area contributed by atoms with Crippen LogP contribution >= 0.6 is 31.9 Å². The number of halogens is 5. The minimum Gasteiger partial charge on any atom is -0.460 e. The van der Waals surface area contributed by atoms with Gasteiger partial charge in [-0.3, -0.25) is 4.79 Å². The number of rotatable bonds is 5. The molecule has 1 aliphatic rings. The average Bonchev–Trinajstić information content (AvgIpc) is 3.15. The molecule has 0 amide bonds. The van der Waals surface area contributed by atoms with E-state index in [0.717, 1.165) is 9.46 Å². The number of allylic oxidation sites excluding steroid dienone is 1. The maximum atomic E-state index is 14.8. The molecule has 0 unspecified atom stereocenters. The number of benzene rings is 2. The molecule has 2 aromatic rings. The van der Waals surface area contributed by atoms with Gasteiger partial charge in [-0.25, -0.2) is 13.2 Å². The smallest absolute Gasteiger partial charge is 0.310 e. The van der Waals surface area contributed by atoms with Gasteiger partial charge < -0.3 is 4.74 Å². The van der Waals surface area contributed by atoms with E-state index < -0.39 is 41.5 Å². The monoisotopic (exact) mass is 516 g/mol. The zero-order valence-electron chi connectivity index (χ0n) is 15.1. The zero-order valence-corrected chi connectivity index (χ0v) is 18.3. The van der Waals surface area contributed by atoms with Crippen molar-refractivity contribution < 1.29 is 22.7 Å². The SMILES string of the molecule is CC1(C)[C@H](C(=O)OCc2c(F)ccc(-c3ccccc3F)c2F)[C@@H]1C=C(Br)Br. The summed E-state index contributed by atoms with van der Waals surface area (Å²) in [5.74, 6) is -3.38. The van der Waals surface area contributed by atoms with Crippen molar-refractivity contribution in [3.05, 3.63) is 68.9 Å². The predicted molar refractivity (Wildman–Crippen MR) is 108 cm³/mol. The van der Waals surface area contributed by atoms with Gasteiger partial charge in [0.05, 0.1) is 14.9 Å². The van der Waals surface area contributed by atoms with Crippen LogP contribution in [0.2, 0.25) is 0 Å². The summed E-state index contributed by atoms with van der Waals surface area (Å²) < 4.78 is 48.9. The van der Waals surface area contributed by atoms with Crippen LogP contribution in [-0.4, -0.2) is 5.97 Å². The second-order valence-corrected chi connectivity index (χ2v) is 10.0. The average molecular weight is 518 g/mol. The van der Waals surface area contributed by atoms with Crippen LogP contribution in [0.5, 0.6) is 0 Å². The van der Waals surface area contributed by atoms with Crippen molar-refractivity contribution in [2.75, 3.05) is 0 Å². The van der Waals surface area contributed by atoms with Crippen molar-refractivity contribution in [1.82, 2.24) is 0 Å². The number of ether oxygens (including phenoxy) is 1. The fourth-order valence-electron chi connectivity index (χ4n) is 3.43. The van der Waals surface area contributed by atoms with E-state index in [9.17, 15) is 18.0 Å². The molecule has 2 aromatic carbocycles. The summed E-state index contributed by atoms with van der Waals surface area (Å²) >= 11 is 6.54. The maximum Gasteiger partial charge on any atom is 0.310 e. The van der Waals surface area contributed by atoms with Crippen LogP contribution < -0.4 is 0 Å². The van der Waals surface area contributed by atoms with Gasteiger partial charge in [0, 0.05) is 11.1 Å². The molecule has 0 aliphatic heterocycles. The van der Waals surface area contributed by atoms with Crippen LogP contribution in [0.1, 0.15) is 19.4 Å². The molecule has 1 fully saturated rings. The summed E-state index contributed by atoms with van der Waals surface area (Å²) in [6.45, 7) is 3.28. The summed E-state index contributed by atoms with van der Waals surface area (Å²) in [5.41, 5.74) is -0.776. The molecule has 0 N–H and O–H groups in total. The lowest BCUT2D eigenvalue weighted by Gasteiger charge is -2.11. The lowest BCUT2D eigenvalue weighted by molar-refractivity contribution is -0.147. The Labute approximate surface area is 178 Å². The number of carbonyl (C=O) groups excluding carboxylic acids is 1. The van der Waals surface area contributed by atoms with Crippen molar-refractivity contribution in [2.24, 2.45) is 17.3 Å². The summed E-state index contributed by atoms with van der Waals surface area (Å²) in [6, 6.07) is 7.86. The molecule has 2 nitrogen and oxygen atoms in total. The van der Waals surface area contributed by atoms with Crippen molar-refractivity contribution in [3.8, 4) is 11.1 Å². The Kier molecular flexibility index (Phi) is 6.05. The molecule has 2 atom stereocenters. The molecule has 1 saturated carbocycles. The van der Waals surface area contributed by atoms with E-state index in [0.29, 0.717) is 0 Å². The Hall–Kier alpha value is -1.60. The van der Waals surface area contributed by atoms with Gasteiger partial charge in [-0.2, -0.15) is 0 Å². The third kappa shape index (κ3) is 4.06. The fourth-order valence-corrected chi connectivity index (χ4v) is 3.99. The van der Waals surface area contributed by atoms with E-state index in [2.05, 4.69) is 31.9 Å². The zero-order chi connectivity index (χ0) is 20.6. The summed E-state index contributed by atoms with van der Waals surface area (Å²) in [6.07, 6.45) is 1.85. The van der Waals surface area contributed by atoms with E-state index in [1.165, 1.54) is 24.3 Å². The molecule has 0 bridgehead atoms. The minimum absolute atomic E-state index is 0.0169. The molecule has 148 valence electrons. The number of hydrogen-bond donors (Lipinski definition) is 0. The summed E-state index contributed by atoms with van der Waals surface area (Å²) in [5, 5.41) is 0. The third-order valence-corrected chi connectivity index (χ3v) is 5.71. The van der Waals surface area contributed by atoms with Gasteiger partial charge in [0.15, 0.2) is 0 Å². The Morgan fingerprint density at radius 1 is 1.07 bits per heavy atom. The Bertz CT molecular complexity index is 953. The van der Waals surface area contributed by atoms with Gasteiger partial charge >= 0.3 is 5.97 Å². The number of carbonyl (C=O) groups is 1. The normalized spacial score (nSPS) is 19.8. The molecule has 1 aliphatic carbocycles. The van der Waals surface area contributed by atoms with Gasteiger partial charge in [-0.1, -0.05) is 38.1 Å². The van der Waals surface area contributed by atoms with Gasteiger partial charge in [0.2, 0.25) is 0 Å². The fraction of sp³-hybridized carbons (Fsp3) is 0.286. The van der Waals surface area contributed by atoms with Gasteiger partial charge in [0.25, 0.3) is 0 Å². The Balaban J connectivity index is 1.80. The highest BCUT2D eigenvalue weighted by Crippen LogP contribution is 2.60. The largest absolute Gasteiger partial charge is 0.460 e. The molecular formula is C21H17Br2F3O2. The molecule has 0 saturated heterocycles. The van der Waals surface area contributed by atoms with Crippen LogP contribution in [-0.2, 0) is 16.1 Å². The third-order valence-electron chi connectivity index (χ3n) is 5.18. The molecular weight excluding hydrogens is 501 g/mol. The summed E-state index contributed by atoms with van der Waals surface area (Å²) in [4.78, 5) is 12.4. The van der Waals surface area contributed by atoms with Crippen LogP contribution in [0.25, 0.3) is 11.1 Å². The predicted octanol–water partition coefficient (Wildman–Crippen LogP) is 6.72. The first-order valence-corrected chi connectivity index (χ1v) is 10.1. The first-order valence-electron chi connectivity index (χ1n) is 8.55. The van der Waals surface area contributed by atoms with Gasteiger partial charge in [0.1, 0.15) is 24.1 Å². The highest BCUT2D eigenvalue weighted by Gasteiger charge is 2.61. The molecule has 7 heteroatoms. The van der Waals surface area contributed by atoms with Crippen molar-refractivity contribution >= 4 is 37.8 Å². The molecule has 0 aromatic heterocycles. The van der Waals surface area contributed by atoms with Crippen LogP contribution in [0.15, 0.2) is 45.9 Å². The number of hydrogen-bond acceptors (Lipinski definition) is 2. The van der Waals surface area contributed by atoms with Crippen LogP contribution in [0, 0.1) is 34.7 Å². The van der Waals surface area contributed by atoms with Gasteiger partial charge in [-0.05, 0) is 61.4 Å². The van der Waals surface area contributed by atoms with E-state index in [-0.39, 0.29) is 22.5 Å². The second-order valence-electron chi connectivity index (χ2n) is 7.26. The van der Waals surface area contributed by atoms with Crippen molar-refractivity contribution in [2.45, 2.75) is 20.5 Å². The van der Waals surface area contributed by atoms with E-state index in [1.807, 2.05) is 19.9 Å². The van der Waals surface area contributed by atoms with Crippen LogP contribution in [0.3, 0.4) is 0 Å². The first kappa shape index (κ1) is 21.1. The molecule has 3 rings (SSSR count). The minimum atomic E-state index is -0.937. The molecule has 0 heterocycles. The highest BCUT2D eigenvalue weighted by molar-refractivity contribution is 9.28. The quantitative estimate of drug-likeness (QED) is 0.411.